The van der Waals surface area contributed by atoms with E-state index in [1.165, 1.54) is 19.9 Å². The second-order valence-electron chi connectivity index (χ2n) is 5.03. The molecular weight excluding hydrogens is 272 g/mol. The number of hydrogen-bond acceptors (Lipinski definition) is 6. The molecule has 0 aliphatic carbocycles. The van der Waals surface area contributed by atoms with Gasteiger partial charge in [-0.2, -0.15) is 0 Å². The molecule has 0 aliphatic rings. The van der Waals surface area contributed by atoms with E-state index >= 15 is 0 Å². The first kappa shape index (κ1) is 16.6. The van der Waals surface area contributed by atoms with Gasteiger partial charge in [0.2, 0.25) is 0 Å². The molecule has 1 rings (SSSR count). The number of carbonyl (C=O) groups is 4. The van der Waals surface area contributed by atoms with Crippen molar-refractivity contribution in [3.63, 3.8) is 0 Å². The van der Waals surface area contributed by atoms with Crippen LogP contribution in [0.15, 0.2) is 6.07 Å². The third-order valence-electron chi connectivity index (χ3n) is 3.07. The van der Waals surface area contributed by atoms with E-state index < -0.39 is 11.6 Å². The number of carbonyl (C=O) groups excluding carboxylic acids is 4. The number of nitrogens with two attached hydrogens (primary N) is 2. The van der Waals surface area contributed by atoms with Crippen LogP contribution < -0.4 is 11.5 Å². The summed E-state index contributed by atoms with van der Waals surface area (Å²) >= 11 is 0. The molecular formula is C15H18N2O4. The molecule has 0 radical (unpaired) electrons. The van der Waals surface area contributed by atoms with Gasteiger partial charge in [0.1, 0.15) is 11.6 Å². The zero-order valence-electron chi connectivity index (χ0n) is 12.3. The van der Waals surface area contributed by atoms with Crippen molar-refractivity contribution in [2.75, 3.05) is 11.5 Å². The quantitative estimate of drug-likeness (QED) is 0.465. The molecule has 0 saturated heterocycles. The summed E-state index contributed by atoms with van der Waals surface area (Å²) < 4.78 is 0. The first-order valence-electron chi connectivity index (χ1n) is 6.39. The lowest BCUT2D eigenvalue weighted by molar-refractivity contribution is -0.117. The van der Waals surface area contributed by atoms with E-state index in [1.54, 1.807) is 6.92 Å². The number of rotatable bonds is 6. The maximum Gasteiger partial charge on any atom is 0.172 e. The highest BCUT2D eigenvalue weighted by Gasteiger charge is 2.22. The molecule has 4 N–H and O–H groups in total. The van der Waals surface area contributed by atoms with Crippen LogP contribution in [0.4, 0.5) is 11.4 Å². The van der Waals surface area contributed by atoms with Crippen LogP contribution in [-0.2, 0) is 9.59 Å². The average molecular weight is 290 g/mol. The Hall–Kier alpha value is -2.50. The van der Waals surface area contributed by atoms with Crippen molar-refractivity contribution in [1.29, 1.82) is 0 Å². The predicted octanol–water partition coefficient (Wildman–Crippen LogP) is 1.48. The van der Waals surface area contributed by atoms with Crippen LogP contribution in [0.25, 0.3) is 0 Å². The molecule has 0 saturated carbocycles. The fourth-order valence-corrected chi connectivity index (χ4v) is 2.05. The zero-order chi connectivity index (χ0) is 16.3. The van der Waals surface area contributed by atoms with Crippen LogP contribution in [0.2, 0.25) is 0 Å². The summed E-state index contributed by atoms with van der Waals surface area (Å²) in [4.78, 5) is 46.3. The van der Waals surface area contributed by atoms with Gasteiger partial charge in [-0.05, 0) is 32.4 Å². The topological polar surface area (TPSA) is 120 Å². The number of hydrogen-bond donors (Lipinski definition) is 2. The van der Waals surface area contributed by atoms with Gasteiger partial charge in [-0.15, -0.1) is 0 Å². The van der Waals surface area contributed by atoms with E-state index in [4.69, 9.17) is 11.5 Å². The highest BCUT2D eigenvalue weighted by atomic mass is 16.2. The van der Waals surface area contributed by atoms with E-state index in [0.717, 1.165) is 0 Å². The summed E-state index contributed by atoms with van der Waals surface area (Å²) in [5.41, 5.74) is 12.4. The first-order chi connectivity index (χ1) is 9.65. The largest absolute Gasteiger partial charge is 0.398 e. The SMILES string of the molecule is CC(=O)CC(=O)c1cc(N)c(C)c(C(=O)CC(C)=O)c1N. The Labute approximate surface area is 122 Å². The number of ketones is 4. The first-order valence-corrected chi connectivity index (χ1v) is 6.39. The van der Waals surface area contributed by atoms with Crippen LogP contribution in [-0.4, -0.2) is 23.1 Å². The van der Waals surface area contributed by atoms with Crippen molar-refractivity contribution in [2.24, 2.45) is 0 Å². The second-order valence-corrected chi connectivity index (χ2v) is 5.03. The molecule has 0 aliphatic heterocycles. The Morgan fingerprint density at radius 2 is 1.43 bits per heavy atom. The average Bonchev–Trinajstić information content (AvgIpc) is 2.32. The minimum Gasteiger partial charge on any atom is -0.398 e. The van der Waals surface area contributed by atoms with Gasteiger partial charge in [-0.25, -0.2) is 0 Å². The lowest BCUT2D eigenvalue weighted by Gasteiger charge is -2.14. The van der Waals surface area contributed by atoms with E-state index in [9.17, 15) is 19.2 Å². The number of benzene rings is 1. The van der Waals surface area contributed by atoms with Gasteiger partial charge in [0.25, 0.3) is 0 Å². The molecule has 0 amide bonds. The van der Waals surface area contributed by atoms with Gasteiger partial charge in [0, 0.05) is 16.8 Å². The van der Waals surface area contributed by atoms with Gasteiger partial charge < -0.3 is 11.5 Å². The lowest BCUT2D eigenvalue weighted by Crippen LogP contribution is -2.16. The van der Waals surface area contributed by atoms with Crippen LogP contribution >= 0.6 is 0 Å². The molecule has 1 aromatic rings. The maximum atomic E-state index is 12.1. The Morgan fingerprint density at radius 1 is 0.952 bits per heavy atom. The molecule has 1 aromatic carbocycles. The summed E-state index contributed by atoms with van der Waals surface area (Å²) in [5.74, 6) is -1.60. The Morgan fingerprint density at radius 3 is 1.90 bits per heavy atom. The fraction of sp³-hybridized carbons (Fsp3) is 0.333. The van der Waals surface area contributed by atoms with E-state index in [2.05, 4.69) is 0 Å². The van der Waals surface area contributed by atoms with Crippen LogP contribution in [0.3, 0.4) is 0 Å². The molecule has 112 valence electrons. The summed E-state index contributed by atoms with van der Waals surface area (Å²) in [5, 5.41) is 0. The Kier molecular flexibility index (Phi) is 4.97. The second kappa shape index (κ2) is 6.30. The number of nitrogen functional groups attached to an aromatic ring is 2. The summed E-state index contributed by atoms with van der Waals surface area (Å²) in [6.45, 7) is 4.17. The standard InChI is InChI=1S/C15H18N2O4/c1-7(18)4-12(20)10-6-11(16)9(3)14(15(10)17)13(21)5-8(2)19/h6H,4-5,16-17H2,1-3H3. The molecule has 0 bridgehead atoms. The predicted molar refractivity (Wildman–Crippen MR) is 79.3 cm³/mol. The molecule has 0 unspecified atom stereocenters. The van der Waals surface area contributed by atoms with Crippen molar-refractivity contribution in [2.45, 2.75) is 33.6 Å². The van der Waals surface area contributed by atoms with Crippen molar-refractivity contribution < 1.29 is 19.2 Å². The van der Waals surface area contributed by atoms with Crippen molar-refractivity contribution in [3.8, 4) is 0 Å². The van der Waals surface area contributed by atoms with Crippen molar-refractivity contribution in [3.05, 3.63) is 22.8 Å². The normalized spacial score (nSPS) is 10.2. The third-order valence-corrected chi connectivity index (χ3v) is 3.07. The van der Waals surface area contributed by atoms with E-state index in [0.29, 0.717) is 5.56 Å². The molecule has 0 atom stereocenters. The molecule has 21 heavy (non-hydrogen) atoms. The van der Waals surface area contributed by atoms with Crippen molar-refractivity contribution >= 4 is 34.5 Å². The number of anilines is 2. The summed E-state index contributed by atoms with van der Waals surface area (Å²) in [6, 6.07) is 1.36. The van der Waals surface area contributed by atoms with Gasteiger partial charge in [0.05, 0.1) is 18.5 Å². The zero-order valence-corrected chi connectivity index (χ0v) is 12.3. The van der Waals surface area contributed by atoms with Crippen LogP contribution in [0.1, 0.15) is 53.0 Å². The molecule has 0 heterocycles. The molecule has 6 heteroatoms. The highest BCUT2D eigenvalue weighted by molar-refractivity contribution is 6.17. The van der Waals surface area contributed by atoms with Crippen molar-refractivity contribution in [1.82, 2.24) is 0 Å². The van der Waals surface area contributed by atoms with Crippen LogP contribution in [0, 0.1) is 6.92 Å². The molecule has 6 nitrogen and oxygen atoms in total. The number of Topliss-reactive ketones (excluding diaryl/α,β-unsaturated/α-hetero) is 4. The summed E-state index contributed by atoms with van der Waals surface area (Å²) in [7, 11) is 0. The maximum absolute atomic E-state index is 12.1. The van der Waals surface area contributed by atoms with Gasteiger partial charge in [-0.3, -0.25) is 19.2 Å². The third kappa shape index (κ3) is 3.75. The molecule has 0 spiro atoms. The Balaban J connectivity index is 3.41. The minimum atomic E-state index is -0.497. The monoisotopic (exact) mass is 290 g/mol. The van der Waals surface area contributed by atoms with Gasteiger partial charge in [-0.1, -0.05) is 0 Å². The Bertz CT molecular complexity index is 648. The van der Waals surface area contributed by atoms with E-state index in [1.807, 2.05) is 0 Å². The molecule has 0 aromatic heterocycles. The molecule has 0 fully saturated rings. The smallest absolute Gasteiger partial charge is 0.172 e. The fourth-order valence-electron chi connectivity index (χ4n) is 2.05. The minimum absolute atomic E-state index is 0.0285. The van der Waals surface area contributed by atoms with Gasteiger partial charge in [0.15, 0.2) is 11.6 Å². The lowest BCUT2D eigenvalue weighted by atomic mass is 9.92. The van der Waals surface area contributed by atoms with E-state index in [-0.39, 0.29) is 46.9 Å². The van der Waals surface area contributed by atoms with Crippen LogP contribution in [0.5, 0.6) is 0 Å². The highest BCUT2D eigenvalue weighted by Crippen LogP contribution is 2.29. The summed E-state index contributed by atoms with van der Waals surface area (Å²) in [6.07, 6.45) is -0.623. The van der Waals surface area contributed by atoms with Gasteiger partial charge >= 0.3 is 0 Å².